The second-order valence-corrected chi connectivity index (χ2v) is 6.62. The zero-order valence-corrected chi connectivity index (χ0v) is 14.6. The Bertz CT molecular complexity index is 1010. The quantitative estimate of drug-likeness (QED) is 0.513. The number of nitrogens with one attached hydrogen (secondary N) is 2. The van der Waals surface area contributed by atoms with Gasteiger partial charge in [0.15, 0.2) is 5.69 Å². The Kier molecular flexibility index (Phi) is 4.23. The number of aromatic nitrogens is 2. The lowest BCUT2D eigenvalue weighted by molar-refractivity contribution is -0.384. The summed E-state index contributed by atoms with van der Waals surface area (Å²) >= 11 is 0. The van der Waals surface area contributed by atoms with Crippen LogP contribution in [-0.2, 0) is 0 Å². The van der Waals surface area contributed by atoms with Crippen LogP contribution in [0.25, 0.3) is 10.9 Å². The molecule has 1 amide bonds. The number of hydrogen-bond donors (Lipinski definition) is 2. The van der Waals surface area contributed by atoms with Crippen molar-refractivity contribution in [2.75, 3.05) is 7.11 Å². The summed E-state index contributed by atoms with van der Waals surface area (Å²) in [5.74, 6) is 0.779. The molecular formula is C19H18N4O4. The molecule has 0 saturated heterocycles. The minimum absolute atomic E-state index is 0.0770. The van der Waals surface area contributed by atoms with Crippen LogP contribution in [0.3, 0.4) is 0 Å². The van der Waals surface area contributed by atoms with E-state index in [1.807, 2.05) is 24.3 Å². The summed E-state index contributed by atoms with van der Waals surface area (Å²) in [6.45, 7) is 0. The van der Waals surface area contributed by atoms with Gasteiger partial charge in [-0.15, -0.1) is 0 Å². The van der Waals surface area contributed by atoms with Crippen molar-refractivity contribution in [1.82, 2.24) is 15.5 Å². The normalized spacial score (nSPS) is 14.7. The highest BCUT2D eigenvalue weighted by Gasteiger charge is 2.34. The minimum atomic E-state index is -0.488. The van der Waals surface area contributed by atoms with Crippen LogP contribution in [0, 0.1) is 16.0 Å². The number of ether oxygens (including phenoxy) is 1. The first-order valence-corrected chi connectivity index (χ1v) is 8.64. The molecule has 2 N–H and O–H groups in total. The summed E-state index contributed by atoms with van der Waals surface area (Å²) in [7, 11) is 1.61. The number of non-ortho nitro benzene ring substituents is 1. The van der Waals surface area contributed by atoms with Crippen molar-refractivity contribution in [3.8, 4) is 5.75 Å². The summed E-state index contributed by atoms with van der Waals surface area (Å²) in [5, 5.41) is 21.3. The maximum atomic E-state index is 12.9. The lowest BCUT2D eigenvalue weighted by Crippen LogP contribution is -2.30. The maximum Gasteiger partial charge on any atom is 0.272 e. The third-order valence-corrected chi connectivity index (χ3v) is 4.83. The first kappa shape index (κ1) is 17.0. The number of nitrogens with zero attached hydrogens (tertiary/aromatic N) is 2. The van der Waals surface area contributed by atoms with Crippen LogP contribution in [0.1, 0.15) is 34.9 Å². The van der Waals surface area contributed by atoms with Crippen molar-refractivity contribution in [2.24, 2.45) is 5.92 Å². The van der Waals surface area contributed by atoms with E-state index in [-0.39, 0.29) is 23.3 Å². The Morgan fingerprint density at radius 1 is 1.30 bits per heavy atom. The number of amides is 1. The number of carbonyl (C=O) groups excluding carboxylic acids is 1. The van der Waals surface area contributed by atoms with E-state index in [0.29, 0.717) is 16.8 Å². The molecule has 1 aliphatic carbocycles. The third kappa shape index (κ3) is 3.33. The number of hydrogen-bond acceptors (Lipinski definition) is 5. The molecule has 0 aliphatic heterocycles. The molecule has 8 nitrogen and oxygen atoms in total. The van der Waals surface area contributed by atoms with E-state index in [0.717, 1.165) is 24.2 Å². The highest BCUT2D eigenvalue weighted by Crippen LogP contribution is 2.41. The summed E-state index contributed by atoms with van der Waals surface area (Å²) < 4.78 is 5.19. The first-order valence-electron chi connectivity index (χ1n) is 8.64. The highest BCUT2D eigenvalue weighted by molar-refractivity contribution is 6.05. The lowest BCUT2D eigenvalue weighted by atomic mass is 10.0. The van der Waals surface area contributed by atoms with Gasteiger partial charge in [0.1, 0.15) is 5.75 Å². The van der Waals surface area contributed by atoms with Crippen LogP contribution >= 0.6 is 0 Å². The van der Waals surface area contributed by atoms with E-state index in [1.165, 1.54) is 12.1 Å². The Labute approximate surface area is 154 Å². The van der Waals surface area contributed by atoms with E-state index in [2.05, 4.69) is 15.5 Å². The molecule has 1 aliphatic rings. The molecule has 4 rings (SSSR count). The Morgan fingerprint density at radius 3 is 2.67 bits per heavy atom. The van der Waals surface area contributed by atoms with E-state index in [9.17, 15) is 14.9 Å². The summed E-state index contributed by atoms with van der Waals surface area (Å²) in [5.41, 5.74) is 1.66. The number of carbonyl (C=O) groups is 1. The van der Waals surface area contributed by atoms with Gasteiger partial charge >= 0.3 is 0 Å². The summed E-state index contributed by atoms with van der Waals surface area (Å²) in [6, 6.07) is 11.8. The maximum absolute atomic E-state index is 12.9. The Balaban J connectivity index is 1.62. The average molecular weight is 366 g/mol. The fourth-order valence-electron chi connectivity index (χ4n) is 3.21. The largest absolute Gasteiger partial charge is 0.497 e. The van der Waals surface area contributed by atoms with Gasteiger partial charge in [0.25, 0.3) is 11.6 Å². The lowest BCUT2D eigenvalue weighted by Gasteiger charge is -2.18. The number of nitro groups is 1. The number of benzene rings is 2. The zero-order chi connectivity index (χ0) is 19.0. The van der Waals surface area contributed by atoms with Crippen LogP contribution in [0.2, 0.25) is 0 Å². The number of methoxy groups -OCH3 is 1. The topological polar surface area (TPSA) is 110 Å². The molecule has 0 bridgehead atoms. The van der Waals surface area contributed by atoms with Crippen molar-refractivity contribution in [2.45, 2.75) is 18.9 Å². The molecule has 27 heavy (non-hydrogen) atoms. The van der Waals surface area contributed by atoms with E-state index >= 15 is 0 Å². The summed E-state index contributed by atoms with van der Waals surface area (Å²) in [4.78, 5) is 23.4. The monoisotopic (exact) mass is 366 g/mol. The molecule has 0 spiro atoms. The number of fused-ring (bicyclic) bond motifs is 1. The molecule has 1 aromatic heterocycles. The molecule has 1 heterocycles. The van der Waals surface area contributed by atoms with Gasteiger partial charge in [0.05, 0.1) is 23.6 Å². The van der Waals surface area contributed by atoms with Crippen LogP contribution in [0.4, 0.5) is 5.69 Å². The van der Waals surface area contributed by atoms with Gasteiger partial charge in [-0.3, -0.25) is 20.0 Å². The van der Waals surface area contributed by atoms with Crippen molar-refractivity contribution in [1.29, 1.82) is 0 Å². The molecule has 138 valence electrons. The highest BCUT2D eigenvalue weighted by atomic mass is 16.6. The van der Waals surface area contributed by atoms with Crippen molar-refractivity contribution < 1.29 is 14.5 Å². The number of rotatable bonds is 6. The SMILES string of the molecule is COc1ccc(C(NC(=O)c2n[nH]c3ccc([N+](=O)[O-])cc23)C2CC2)cc1. The van der Waals surface area contributed by atoms with Crippen LogP contribution in [-0.4, -0.2) is 28.1 Å². The van der Waals surface area contributed by atoms with Gasteiger partial charge in [-0.1, -0.05) is 12.1 Å². The Hall–Kier alpha value is -3.42. The van der Waals surface area contributed by atoms with E-state index in [1.54, 1.807) is 13.2 Å². The smallest absolute Gasteiger partial charge is 0.272 e. The van der Waals surface area contributed by atoms with Gasteiger partial charge in [-0.25, -0.2) is 0 Å². The molecule has 3 aromatic rings. The summed E-state index contributed by atoms with van der Waals surface area (Å²) in [6.07, 6.45) is 2.09. The molecule has 0 radical (unpaired) electrons. The average Bonchev–Trinajstić information content (AvgIpc) is 3.44. The zero-order valence-electron chi connectivity index (χ0n) is 14.6. The molecule has 1 fully saturated rings. The minimum Gasteiger partial charge on any atom is -0.497 e. The fourth-order valence-corrected chi connectivity index (χ4v) is 3.21. The predicted molar refractivity (Wildman–Crippen MR) is 98.7 cm³/mol. The molecule has 8 heteroatoms. The second kappa shape index (κ2) is 6.71. The van der Waals surface area contributed by atoms with Crippen LogP contribution in [0.15, 0.2) is 42.5 Å². The third-order valence-electron chi connectivity index (χ3n) is 4.83. The first-order chi connectivity index (χ1) is 13.1. The Morgan fingerprint density at radius 2 is 2.04 bits per heavy atom. The standard InChI is InChI=1S/C19H18N4O4/c1-27-14-7-4-12(5-8-14)17(11-2-3-11)20-19(24)18-15-10-13(23(25)26)6-9-16(15)21-22-18/h4-11,17H,2-3H2,1H3,(H,20,24)(H,21,22). The van der Waals surface area contributed by atoms with E-state index < -0.39 is 4.92 Å². The van der Waals surface area contributed by atoms with Gasteiger partial charge in [0, 0.05) is 17.5 Å². The van der Waals surface area contributed by atoms with Crippen molar-refractivity contribution in [3.05, 3.63) is 63.8 Å². The second-order valence-electron chi connectivity index (χ2n) is 6.62. The van der Waals surface area contributed by atoms with Gasteiger partial charge in [-0.05, 0) is 42.5 Å². The van der Waals surface area contributed by atoms with Gasteiger partial charge in [-0.2, -0.15) is 5.10 Å². The molecule has 1 atom stereocenters. The molecular weight excluding hydrogens is 348 g/mol. The molecule has 2 aromatic carbocycles. The van der Waals surface area contributed by atoms with Crippen LogP contribution in [0.5, 0.6) is 5.75 Å². The van der Waals surface area contributed by atoms with Crippen molar-refractivity contribution >= 4 is 22.5 Å². The van der Waals surface area contributed by atoms with Crippen LogP contribution < -0.4 is 10.1 Å². The number of aromatic amines is 1. The van der Waals surface area contributed by atoms with E-state index in [4.69, 9.17) is 4.74 Å². The fraction of sp³-hybridized carbons (Fsp3) is 0.263. The van der Waals surface area contributed by atoms with Crippen molar-refractivity contribution in [3.63, 3.8) is 0 Å². The van der Waals surface area contributed by atoms with Gasteiger partial charge < -0.3 is 10.1 Å². The molecule has 1 unspecified atom stereocenters. The number of H-pyrrole nitrogens is 1. The predicted octanol–water partition coefficient (Wildman–Crippen LogP) is 3.36. The number of nitro benzene ring substituents is 1. The molecule has 1 saturated carbocycles. The van der Waals surface area contributed by atoms with Gasteiger partial charge in [0.2, 0.25) is 0 Å².